The number of rotatable bonds is 9. The Morgan fingerprint density at radius 1 is 1.16 bits per heavy atom. The van der Waals surface area contributed by atoms with E-state index in [0.717, 1.165) is 81.6 Å². The van der Waals surface area contributed by atoms with Crippen LogP contribution in [0.4, 0.5) is 0 Å². The van der Waals surface area contributed by atoms with Gasteiger partial charge in [-0.15, -0.1) is 24.0 Å². The van der Waals surface area contributed by atoms with Gasteiger partial charge < -0.3 is 25.0 Å². The van der Waals surface area contributed by atoms with Gasteiger partial charge >= 0.3 is 0 Å². The van der Waals surface area contributed by atoms with E-state index in [1.165, 1.54) is 0 Å². The monoisotopic (exact) mass is 545 g/mol. The molecule has 0 atom stereocenters. The molecule has 1 aromatic rings. The molecule has 2 aliphatic rings. The van der Waals surface area contributed by atoms with Gasteiger partial charge in [0.1, 0.15) is 11.5 Å². The fourth-order valence-corrected chi connectivity index (χ4v) is 3.67. The number of ether oxygens (including phenoxy) is 2. The van der Waals surface area contributed by atoms with E-state index in [1.54, 1.807) is 14.2 Å². The van der Waals surface area contributed by atoms with Crippen molar-refractivity contribution in [2.75, 3.05) is 54.0 Å². The molecule has 0 bridgehead atoms. The van der Waals surface area contributed by atoms with Gasteiger partial charge in [-0.25, -0.2) is 0 Å². The van der Waals surface area contributed by atoms with Crippen molar-refractivity contribution < 1.29 is 14.3 Å². The van der Waals surface area contributed by atoms with Crippen LogP contribution in [-0.2, 0) is 11.3 Å². The lowest BCUT2D eigenvalue weighted by Gasteiger charge is -2.36. The number of guanidine groups is 1. The number of carbonyl (C=O) groups is 1. The molecule has 0 unspecified atom stereocenters. The fourth-order valence-electron chi connectivity index (χ4n) is 3.67. The fraction of sp³-hybridized carbons (Fsp3) is 0.636. The van der Waals surface area contributed by atoms with Crippen molar-refractivity contribution in [3.8, 4) is 11.5 Å². The molecule has 8 nitrogen and oxygen atoms in total. The molecule has 1 aliphatic carbocycles. The molecule has 1 aromatic carbocycles. The maximum absolute atomic E-state index is 11.8. The van der Waals surface area contributed by atoms with Gasteiger partial charge in [-0.3, -0.25) is 14.7 Å². The topological polar surface area (TPSA) is 78.4 Å². The van der Waals surface area contributed by atoms with Crippen molar-refractivity contribution in [3.05, 3.63) is 23.8 Å². The molecule has 1 aliphatic heterocycles. The van der Waals surface area contributed by atoms with Gasteiger partial charge in [-0.05, 0) is 37.5 Å². The van der Waals surface area contributed by atoms with Crippen molar-refractivity contribution in [3.63, 3.8) is 0 Å². The maximum atomic E-state index is 11.8. The van der Waals surface area contributed by atoms with Crippen LogP contribution in [0.2, 0.25) is 0 Å². The molecule has 0 aromatic heterocycles. The van der Waals surface area contributed by atoms with E-state index in [1.807, 2.05) is 25.2 Å². The van der Waals surface area contributed by atoms with Crippen LogP contribution in [0, 0.1) is 0 Å². The summed E-state index contributed by atoms with van der Waals surface area (Å²) in [5.74, 6) is 2.81. The average Bonchev–Trinajstić information content (AvgIpc) is 3.58. The number of benzene rings is 1. The molecule has 1 saturated carbocycles. The lowest BCUT2D eigenvalue weighted by molar-refractivity contribution is -0.121. The Bertz CT molecular complexity index is 734. The average molecular weight is 545 g/mol. The van der Waals surface area contributed by atoms with Gasteiger partial charge in [0.05, 0.1) is 14.2 Å². The van der Waals surface area contributed by atoms with E-state index >= 15 is 0 Å². The summed E-state index contributed by atoms with van der Waals surface area (Å²) in [5, 5.41) is 6.43. The minimum absolute atomic E-state index is 0. The minimum atomic E-state index is 0. The first kappa shape index (κ1) is 25.5. The first-order valence-electron chi connectivity index (χ1n) is 10.8. The maximum Gasteiger partial charge on any atom is 0.220 e. The summed E-state index contributed by atoms with van der Waals surface area (Å²) in [6, 6.07) is 6.36. The second-order valence-electron chi connectivity index (χ2n) is 7.86. The zero-order valence-electron chi connectivity index (χ0n) is 18.9. The molecule has 2 N–H and O–H groups in total. The van der Waals surface area contributed by atoms with Crippen molar-refractivity contribution >= 4 is 35.8 Å². The molecule has 9 heteroatoms. The molecular formula is C22H36IN5O3. The van der Waals surface area contributed by atoms with Crippen LogP contribution in [-0.4, -0.2) is 81.7 Å². The van der Waals surface area contributed by atoms with Crippen molar-refractivity contribution in [2.24, 2.45) is 4.99 Å². The van der Waals surface area contributed by atoms with Crippen molar-refractivity contribution in [2.45, 2.75) is 38.3 Å². The third-order valence-electron chi connectivity index (χ3n) is 5.57. The zero-order valence-corrected chi connectivity index (χ0v) is 21.2. The van der Waals surface area contributed by atoms with E-state index in [2.05, 4.69) is 25.4 Å². The Balaban J connectivity index is 0.00000341. The Morgan fingerprint density at radius 2 is 1.90 bits per heavy atom. The lowest BCUT2D eigenvalue weighted by atomic mass is 10.1. The van der Waals surface area contributed by atoms with Gasteiger partial charge in [0.15, 0.2) is 5.96 Å². The molecule has 0 spiro atoms. The molecule has 1 saturated heterocycles. The predicted octanol–water partition coefficient (Wildman–Crippen LogP) is 2.07. The number of carbonyl (C=O) groups excluding carboxylic acids is 1. The molecule has 174 valence electrons. The van der Waals surface area contributed by atoms with Crippen molar-refractivity contribution in [1.29, 1.82) is 0 Å². The molecule has 1 heterocycles. The predicted molar refractivity (Wildman–Crippen MR) is 134 cm³/mol. The first-order valence-corrected chi connectivity index (χ1v) is 10.8. The van der Waals surface area contributed by atoms with Crippen LogP contribution >= 0.6 is 24.0 Å². The highest BCUT2D eigenvalue weighted by Crippen LogP contribution is 2.25. The number of piperazine rings is 1. The molecule has 0 radical (unpaired) electrons. The first-order chi connectivity index (χ1) is 14.6. The van der Waals surface area contributed by atoms with Crippen LogP contribution < -0.4 is 20.1 Å². The highest BCUT2D eigenvalue weighted by molar-refractivity contribution is 14.0. The van der Waals surface area contributed by atoms with E-state index in [0.29, 0.717) is 12.5 Å². The van der Waals surface area contributed by atoms with Crippen LogP contribution in [0.5, 0.6) is 11.5 Å². The van der Waals surface area contributed by atoms with Gasteiger partial charge in [-0.2, -0.15) is 0 Å². The normalized spacial score (nSPS) is 17.0. The summed E-state index contributed by atoms with van der Waals surface area (Å²) in [5.41, 5.74) is 1.14. The molecule has 2 fully saturated rings. The molecule has 3 rings (SSSR count). The number of aliphatic imine (C=N–C) groups is 1. The highest BCUT2D eigenvalue weighted by atomic mass is 127. The van der Waals surface area contributed by atoms with E-state index in [9.17, 15) is 4.79 Å². The third-order valence-corrected chi connectivity index (χ3v) is 5.57. The number of hydrogen-bond acceptors (Lipinski definition) is 5. The molecular weight excluding hydrogens is 509 g/mol. The van der Waals surface area contributed by atoms with Gasteiger partial charge in [-0.1, -0.05) is 0 Å². The number of hydrogen-bond donors (Lipinski definition) is 2. The smallest absolute Gasteiger partial charge is 0.220 e. The van der Waals surface area contributed by atoms with E-state index < -0.39 is 0 Å². The summed E-state index contributed by atoms with van der Waals surface area (Å²) >= 11 is 0. The third kappa shape index (κ3) is 8.03. The quantitative estimate of drug-likeness (QED) is 0.214. The summed E-state index contributed by atoms with van der Waals surface area (Å²) in [6.07, 6.45) is 3.64. The van der Waals surface area contributed by atoms with Crippen LogP contribution in [0.3, 0.4) is 0 Å². The number of amides is 1. The number of nitrogens with zero attached hydrogens (tertiary/aromatic N) is 3. The largest absolute Gasteiger partial charge is 0.497 e. The van der Waals surface area contributed by atoms with Gasteiger partial charge in [0, 0.05) is 64.3 Å². The second kappa shape index (κ2) is 12.9. The summed E-state index contributed by atoms with van der Waals surface area (Å²) in [6.45, 7) is 5.31. The SMILES string of the molecule is CN=C(NCCCC(=O)NC1CC1)N1CCN(Cc2cc(OC)ccc2OC)CC1.I. The lowest BCUT2D eigenvalue weighted by Crippen LogP contribution is -2.52. The highest BCUT2D eigenvalue weighted by Gasteiger charge is 2.23. The van der Waals surface area contributed by atoms with Crippen LogP contribution in [0.15, 0.2) is 23.2 Å². The Kier molecular flexibility index (Phi) is 10.7. The summed E-state index contributed by atoms with van der Waals surface area (Å²) in [4.78, 5) is 20.9. The Labute approximate surface area is 202 Å². The Morgan fingerprint density at radius 3 is 2.52 bits per heavy atom. The summed E-state index contributed by atoms with van der Waals surface area (Å²) < 4.78 is 10.9. The summed E-state index contributed by atoms with van der Waals surface area (Å²) in [7, 11) is 5.20. The number of nitrogens with one attached hydrogen (secondary N) is 2. The van der Waals surface area contributed by atoms with Gasteiger partial charge in [0.2, 0.25) is 5.91 Å². The molecule has 31 heavy (non-hydrogen) atoms. The number of methoxy groups -OCH3 is 2. The minimum Gasteiger partial charge on any atom is -0.497 e. The van der Waals surface area contributed by atoms with Crippen molar-refractivity contribution in [1.82, 2.24) is 20.4 Å². The number of halogens is 1. The molecule has 1 amide bonds. The van der Waals surface area contributed by atoms with Crippen LogP contribution in [0.1, 0.15) is 31.2 Å². The van der Waals surface area contributed by atoms with Gasteiger partial charge in [0.25, 0.3) is 0 Å². The zero-order chi connectivity index (χ0) is 21.3. The standard InChI is InChI=1S/C22H35N5O3.HI/c1-23-22(24-10-4-5-21(28)25-18-6-7-18)27-13-11-26(12-14-27)16-17-15-19(29-2)8-9-20(17)30-3;/h8-9,15,18H,4-7,10-14,16H2,1-3H3,(H,23,24)(H,25,28);1H. The van der Waals surface area contributed by atoms with E-state index in [4.69, 9.17) is 9.47 Å². The Hall–Kier alpha value is -1.75. The van der Waals surface area contributed by atoms with E-state index in [-0.39, 0.29) is 29.9 Å². The second-order valence-corrected chi connectivity index (χ2v) is 7.86. The van der Waals surface area contributed by atoms with Crippen LogP contribution in [0.25, 0.3) is 0 Å².